The second-order valence-electron chi connectivity index (χ2n) is 6.41. The molecule has 1 amide bonds. The summed E-state index contributed by atoms with van der Waals surface area (Å²) < 4.78 is 15.6. The smallest absolute Gasteiger partial charge is 0.266 e. The standard InChI is InChI=1S/C21H24FN3O/c1-5-6-9-25-15(3)10-17(16(25)4)11-18(13-23)21(26)24-20-12-19(22)8-7-14(20)2/h7-8,10-12H,5-6,9H2,1-4H3,(H,24,26)/b18-11+. The van der Waals surface area contributed by atoms with Crippen LogP contribution in [0, 0.1) is 37.9 Å². The van der Waals surface area contributed by atoms with E-state index in [1.807, 2.05) is 26.0 Å². The van der Waals surface area contributed by atoms with Crippen molar-refractivity contribution >= 4 is 17.7 Å². The van der Waals surface area contributed by atoms with E-state index < -0.39 is 11.7 Å². The topological polar surface area (TPSA) is 57.8 Å². The lowest BCUT2D eigenvalue weighted by atomic mass is 10.1. The molecule has 0 aliphatic rings. The Morgan fingerprint density at radius 2 is 2.04 bits per heavy atom. The number of carbonyl (C=O) groups is 1. The number of nitriles is 1. The maximum absolute atomic E-state index is 13.4. The first-order chi connectivity index (χ1) is 12.4. The van der Waals surface area contributed by atoms with Crippen LogP contribution in [0.25, 0.3) is 6.08 Å². The van der Waals surface area contributed by atoms with Crippen molar-refractivity contribution < 1.29 is 9.18 Å². The van der Waals surface area contributed by atoms with Gasteiger partial charge in [0.15, 0.2) is 0 Å². The fourth-order valence-corrected chi connectivity index (χ4v) is 2.86. The molecule has 0 aliphatic carbocycles. The molecule has 5 heteroatoms. The van der Waals surface area contributed by atoms with Crippen molar-refractivity contribution in [3.63, 3.8) is 0 Å². The molecular weight excluding hydrogens is 329 g/mol. The van der Waals surface area contributed by atoms with Crippen LogP contribution < -0.4 is 5.32 Å². The normalized spacial score (nSPS) is 11.3. The quantitative estimate of drug-likeness (QED) is 0.593. The Morgan fingerprint density at radius 3 is 2.69 bits per heavy atom. The molecule has 0 bridgehead atoms. The lowest BCUT2D eigenvalue weighted by molar-refractivity contribution is -0.112. The SMILES string of the molecule is CCCCn1c(C)cc(/C=C(\C#N)C(=O)Nc2cc(F)ccc2C)c1C. The summed E-state index contributed by atoms with van der Waals surface area (Å²) >= 11 is 0. The molecule has 136 valence electrons. The number of aryl methyl sites for hydroxylation is 2. The van der Waals surface area contributed by atoms with Gasteiger partial charge in [0.25, 0.3) is 5.91 Å². The van der Waals surface area contributed by atoms with Gasteiger partial charge in [0, 0.05) is 23.6 Å². The van der Waals surface area contributed by atoms with Crippen LogP contribution in [0.1, 0.15) is 42.3 Å². The van der Waals surface area contributed by atoms with Crippen LogP contribution in [-0.2, 0) is 11.3 Å². The van der Waals surface area contributed by atoms with Crippen LogP contribution in [0.3, 0.4) is 0 Å². The highest BCUT2D eigenvalue weighted by Gasteiger charge is 2.14. The van der Waals surface area contributed by atoms with E-state index in [4.69, 9.17) is 0 Å². The molecule has 0 fully saturated rings. The molecule has 0 atom stereocenters. The van der Waals surface area contributed by atoms with E-state index in [0.29, 0.717) is 5.69 Å². The van der Waals surface area contributed by atoms with E-state index in [1.54, 1.807) is 19.1 Å². The Hall–Kier alpha value is -2.87. The van der Waals surface area contributed by atoms with Gasteiger partial charge in [-0.25, -0.2) is 4.39 Å². The van der Waals surface area contributed by atoms with Gasteiger partial charge in [-0.15, -0.1) is 0 Å². The average molecular weight is 353 g/mol. The summed E-state index contributed by atoms with van der Waals surface area (Å²) in [5.74, 6) is -0.979. The minimum absolute atomic E-state index is 0.00981. The summed E-state index contributed by atoms with van der Waals surface area (Å²) in [6, 6.07) is 8.09. The number of rotatable bonds is 6. The van der Waals surface area contributed by atoms with Gasteiger partial charge in [-0.3, -0.25) is 4.79 Å². The van der Waals surface area contributed by atoms with Crippen molar-refractivity contribution in [1.82, 2.24) is 4.57 Å². The molecule has 2 rings (SSSR count). The number of benzene rings is 1. The number of nitrogens with zero attached hydrogens (tertiary/aromatic N) is 2. The largest absolute Gasteiger partial charge is 0.349 e. The van der Waals surface area contributed by atoms with Crippen molar-refractivity contribution in [3.8, 4) is 6.07 Å². The molecule has 0 unspecified atom stereocenters. The van der Waals surface area contributed by atoms with Crippen LogP contribution in [0.5, 0.6) is 0 Å². The molecule has 0 aliphatic heterocycles. The molecule has 26 heavy (non-hydrogen) atoms. The van der Waals surface area contributed by atoms with Gasteiger partial charge in [-0.05, 0) is 62.6 Å². The molecule has 0 radical (unpaired) electrons. The zero-order valence-corrected chi connectivity index (χ0v) is 15.7. The summed E-state index contributed by atoms with van der Waals surface area (Å²) in [7, 11) is 0. The average Bonchev–Trinajstić information content (AvgIpc) is 2.87. The minimum atomic E-state index is -0.542. The van der Waals surface area contributed by atoms with E-state index >= 15 is 0 Å². The highest BCUT2D eigenvalue weighted by molar-refractivity contribution is 6.10. The zero-order valence-electron chi connectivity index (χ0n) is 15.7. The number of unbranched alkanes of at least 4 members (excludes halogenated alkanes) is 1. The van der Waals surface area contributed by atoms with Crippen molar-refractivity contribution in [3.05, 3.63) is 58.2 Å². The Labute approximate surface area is 154 Å². The first-order valence-corrected chi connectivity index (χ1v) is 8.73. The number of nitrogens with one attached hydrogen (secondary N) is 1. The lowest BCUT2D eigenvalue weighted by Crippen LogP contribution is -2.14. The molecule has 0 saturated carbocycles. The maximum Gasteiger partial charge on any atom is 0.266 e. The summed E-state index contributed by atoms with van der Waals surface area (Å²) in [4.78, 5) is 12.5. The first kappa shape index (κ1) is 19.5. The number of aromatic nitrogens is 1. The predicted molar refractivity (Wildman–Crippen MR) is 102 cm³/mol. The van der Waals surface area contributed by atoms with Crippen LogP contribution >= 0.6 is 0 Å². The second kappa shape index (κ2) is 8.48. The number of anilines is 1. The summed E-state index contributed by atoms with van der Waals surface area (Å²) in [5, 5.41) is 12.0. The van der Waals surface area contributed by atoms with Gasteiger partial charge < -0.3 is 9.88 Å². The van der Waals surface area contributed by atoms with Crippen LogP contribution in [0.15, 0.2) is 29.8 Å². The molecule has 1 heterocycles. The van der Waals surface area contributed by atoms with Crippen LogP contribution in [0.4, 0.5) is 10.1 Å². The first-order valence-electron chi connectivity index (χ1n) is 8.73. The van der Waals surface area contributed by atoms with Crippen molar-refractivity contribution in [2.45, 2.75) is 47.1 Å². The predicted octanol–water partition coefficient (Wildman–Crippen LogP) is 4.90. The number of halogens is 1. The fourth-order valence-electron chi connectivity index (χ4n) is 2.86. The van der Waals surface area contributed by atoms with Gasteiger partial charge in [0.2, 0.25) is 0 Å². The third kappa shape index (κ3) is 4.40. The Kier molecular flexibility index (Phi) is 6.35. The Balaban J connectivity index is 2.29. The van der Waals surface area contributed by atoms with E-state index in [-0.39, 0.29) is 5.57 Å². The molecule has 1 N–H and O–H groups in total. The maximum atomic E-state index is 13.4. The monoisotopic (exact) mass is 353 g/mol. The fraction of sp³-hybridized carbons (Fsp3) is 0.333. The third-order valence-corrected chi connectivity index (χ3v) is 4.46. The number of amides is 1. The molecule has 0 saturated heterocycles. The number of hydrogen-bond acceptors (Lipinski definition) is 2. The summed E-state index contributed by atoms with van der Waals surface area (Å²) in [6.45, 7) is 8.83. The van der Waals surface area contributed by atoms with E-state index in [2.05, 4.69) is 16.8 Å². The lowest BCUT2D eigenvalue weighted by Gasteiger charge is -2.09. The van der Waals surface area contributed by atoms with E-state index in [1.165, 1.54) is 12.1 Å². The summed E-state index contributed by atoms with van der Waals surface area (Å²) in [6.07, 6.45) is 3.76. The van der Waals surface area contributed by atoms with Crippen LogP contribution in [0.2, 0.25) is 0 Å². The molecule has 4 nitrogen and oxygen atoms in total. The minimum Gasteiger partial charge on any atom is -0.349 e. The Bertz CT molecular complexity index is 887. The molecule has 2 aromatic rings. The highest BCUT2D eigenvalue weighted by atomic mass is 19.1. The highest BCUT2D eigenvalue weighted by Crippen LogP contribution is 2.21. The third-order valence-electron chi connectivity index (χ3n) is 4.46. The van der Waals surface area contributed by atoms with Crippen molar-refractivity contribution in [2.75, 3.05) is 5.32 Å². The molecule has 1 aromatic heterocycles. The van der Waals surface area contributed by atoms with E-state index in [0.717, 1.165) is 41.9 Å². The molecular formula is C21H24FN3O. The summed E-state index contributed by atoms with van der Waals surface area (Å²) in [5.41, 5.74) is 4.06. The van der Waals surface area contributed by atoms with Gasteiger partial charge >= 0.3 is 0 Å². The van der Waals surface area contributed by atoms with Crippen LogP contribution in [-0.4, -0.2) is 10.5 Å². The van der Waals surface area contributed by atoms with E-state index in [9.17, 15) is 14.4 Å². The van der Waals surface area contributed by atoms with Gasteiger partial charge in [0.05, 0.1) is 0 Å². The number of hydrogen-bond donors (Lipinski definition) is 1. The molecule has 0 spiro atoms. The van der Waals surface area contributed by atoms with Gasteiger partial charge in [0.1, 0.15) is 17.5 Å². The van der Waals surface area contributed by atoms with Gasteiger partial charge in [-0.2, -0.15) is 5.26 Å². The second-order valence-corrected chi connectivity index (χ2v) is 6.41. The Morgan fingerprint density at radius 1 is 1.31 bits per heavy atom. The number of carbonyl (C=O) groups excluding carboxylic acids is 1. The zero-order chi connectivity index (χ0) is 19.3. The molecule has 1 aromatic carbocycles. The van der Waals surface area contributed by atoms with Crippen molar-refractivity contribution in [2.24, 2.45) is 0 Å². The van der Waals surface area contributed by atoms with Crippen molar-refractivity contribution in [1.29, 1.82) is 5.26 Å². The van der Waals surface area contributed by atoms with Gasteiger partial charge in [-0.1, -0.05) is 19.4 Å².